The van der Waals surface area contributed by atoms with Gasteiger partial charge in [0.1, 0.15) is 6.61 Å². The molecule has 0 spiro atoms. The van der Waals surface area contributed by atoms with Crippen LogP contribution in [0.15, 0.2) is 24.3 Å². The van der Waals surface area contributed by atoms with Crippen LogP contribution in [0, 0.1) is 5.92 Å². The third kappa shape index (κ3) is 4.01. The molecule has 1 fully saturated rings. The van der Waals surface area contributed by atoms with Gasteiger partial charge in [0.25, 0.3) is 5.91 Å². The lowest BCUT2D eigenvalue weighted by Gasteiger charge is -2.30. The minimum absolute atomic E-state index is 0.0358. The highest BCUT2D eigenvalue weighted by molar-refractivity contribution is 5.83. The predicted molar refractivity (Wildman–Crippen MR) is 85.8 cm³/mol. The standard InChI is InChI=1S/C17H20N2O6/c18-16(21)11-5-7-19(8-6-11)15(20)10-24-17(22)14-9-23-12-3-1-2-4-13(12)25-14/h1-4,11,14H,5-10H2,(H2,18,21)/t14-/m0/s1. The molecule has 8 nitrogen and oxygen atoms in total. The Morgan fingerprint density at radius 3 is 2.52 bits per heavy atom. The van der Waals surface area contributed by atoms with E-state index in [0.29, 0.717) is 37.4 Å². The lowest BCUT2D eigenvalue weighted by Crippen LogP contribution is -2.44. The van der Waals surface area contributed by atoms with Gasteiger partial charge in [0.15, 0.2) is 18.1 Å². The Kier molecular flexibility index (Phi) is 5.06. The Balaban J connectivity index is 1.45. The third-order valence-corrected chi connectivity index (χ3v) is 4.36. The largest absolute Gasteiger partial charge is 0.485 e. The fourth-order valence-electron chi connectivity index (χ4n) is 2.87. The molecule has 1 aromatic rings. The molecule has 0 aromatic heterocycles. The van der Waals surface area contributed by atoms with Crippen LogP contribution in [-0.2, 0) is 19.1 Å². The molecule has 0 unspecified atom stereocenters. The molecule has 25 heavy (non-hydrogen) atoms. The molecule has 0 saturated carbocycles. The van der Waals surface area contributed by atoms with Gasteiger partial charge < -0.3 is 24.8 Å². The topological polar surface area (TPSA) is 108 Å². The molecule has 2 aliphatic heterocycles. The van der Waals surface area contributed by atoms with Crippen molar-refractivity contribution < 1.29 is 28.6 Å². The second kappa shape index (κ2) is 7.42. The molecule has 134 valence electrons. The van der Waals surface area contributed by atoms with Crippen molar-refractivity contribution in [1.82, 2.24) is 4.90 Å². The van der Waals surface area contributed by atoms with Crippen molar-refractivity contribution in [2.45, 2.75) is 18.9 Å². The summed E-state index contributed by atoms with van der Waals surface area (Å²) in [4.78, 5) is 36.9. The van der Waals surface area contributed by atoms with Crippen LogP contribution in [0.2, 0.25) is 0 Å². The van der Waals surface area contributed by atoms with Gasteiger partial charge in [-0.1, -0.05) is 12.1 Å². The highest BCUT2D eigenvalue weighted by atomic mass is 16.6. The summed E-state index contributed by atoms with van der Waals surface area (Å²) >= 11 is 0. The number of hydrogen-bond donors (Lipinski definition) is 1. The number of nitrogens with zero attached hydrogens (tertiary/aromatic N) is 1. The van der Waals surface area contributed by atoms with Crippen LogP contribution in [0.4, 0.5) is 0 Å². The summed E-state index contributed by atoms with van der Waals surface area (Å²) < 4.78 is 16.0. The zero-order valence-electron chi connectivity index (χ0n) is 13.7. The van der Waals surface area contributed by atoms with Crippen LogP contribution < -0.4 is 15.2 Å². The number of esters is 1. The van der Waals surface area contributed by atoms with Gasteiger partial charge in [-0.05, 0) is 25.0 Å². The molecular weight excluding hydrogens is 328 g/mol. The zero-order chi connectivity index (χ0) is 17.8. The van der Waals surface area contributed by atoms with Gasteiger partial charge in [0.05, 0.1) is 0 Å². The van der Waals surface area contributed by atoms with Gasteiger partial charge in [-0.3, -0.25) is 9.59 Å². The van der Waals surface area contributed by atoms with E-state index in [0.717, 1.165) is 0 Å². The van der Waals surface area contributed by atoms with Gasteiger partial charge in [0.2, 0.25) is 12.0 Å². The monoisotopic (exact) mass is 348 g/mol. The summed E-state index contributed by atoms with van der Waals surface area (Å²) in [5.41, 5.74) is 5.27. The van der Waals surface area contributed by atoms with E-state index in [1.807, 2.05) is 0 Å². The smallest absolute Gasteiger partial charge is 0.351 e. The molecule has 2 N–H and O–H groups in total. The van der Waals surface area contributed by atoms with Gasteiger partial charge in [0, 0.05) is 19.0 Å². The van der Waals surface area contributed by atoms with Crippen LogP contribution in [0.3, 0.4) is 0 Å². The molecular formula is C17H20N2O6. The number of amides is 2. The van der Waals surface area contributed by atoms with Crippen molar-refractivity contribution in [3.8, 4) is 11.5 Å². The fourth-order valence-corrected chi connectivity index (χ4v) is 2.87. The lowest BCUT2D eigenvalue weighted by molar-refractivity contribution is -0.160. The summed E-state index contributed by atoms with van der Waals surface area (Å²) in [5, 5.41) is 0. The zero-order valence-corrected chi connectivity index (χ0v) is 13.7. The number of nitrogens with two attached hydrogens (primary N) is 1. The number of primary amides is 1. The van der Waals surface area contributed by atoms with Gasteiger partial charge in [-0.2, -0.15) is 0 Å². The number of piperidine rings is 1. The third-order valence-electron chi connectivity index (χ3n) is 4.36. The normalized spacial score (nSPS) is 20.0. The van der Waals surface area contributed by atoms with E-state index in [9.17, 15) is 14.4 Å². The van der Waals surface area contributed by atoms with E-state index in [-0.39, 0.29) is 30.9 Å². The average Bonchev–Trinajstić information content (AvgIpc) is 2.65. The van der Waals surface area contributed by atoms with Crippen molar-refractivity contribution in [3.05, 3.63) is 24.3 Å². The number of fused-ring (bicyclic) bond motifs is 1. The van der Waals surface area contributed by atoms with Crippen molar-refractivity contribution in [3.63, 3.8) is 0 Å². The maximum Gasteiger partial charge on any atom is 0.351 e. The fraction of sp³-hybridized carbons (Fsp3) is 0.471. The molecule has 2 heterocycles. The van der Waals surface area contributed by atoms with Crippen LogP contribution in [0.1, 0.15) is 12.8 Å². The van der Waals surface area contributed by atoms with E-state index < -0.39 is 12.1 Å². The predicted octanol–water partition coefficient (Wildman–Crippen LogP) is 0.0935. The molecule has 0 bridgehead atoms. The molecule has 1 aromatic carbocycles. The first-order valence-electron chi connectivity index (χ1n) is 8.17. The first-order chi connectivity index (χ1) is 12.0. The van der Waals surface area contributed by atoms with Crippen molar-refractivity contribution >= 4 is 17.8 Å². The number of ether oxygens (including phenoxy) is 3. The SMILES string of the molecule is NC(=O)C1CCN(C(=O)COC(=O)[C@@H]2COc3ccccc3O2)CC1. The maximum absolute atomic E-state index is 12.1. The Hall–Kier alpha value is -2.77. The van der Waals surface area contributed by atoms with Crippen molar-refractivity contribution in [2.24, 2.45) is 11.7 Å². The van der Waals surface area contributed by atoms with Crippen molar-refractivity contribution in [1.29, 1.82) is 0 Å². The van der Waals surface area contributed by atoms with Gasteiger partial charge >= 0.3 is 5.97 Å². The first kappa shape index (κ1) is 17.1. The quantitative estimate of drug-likeness (QED) is 0.773. The van der Waals surface area contributed by atoms with E-state index in [1.54, 1.807) is 29.2 Å². The average molecular weight is 348 g/mol. The Bertz CT molecular complexity index is 669. The van der Waals surface area contributed by atoms with E-state index in [2.05, 4.69) is 0 Å². The first-order valence-corrected chi connectivity index (χ1v) is 8.17. The van der Waals surface area contributed by atoms with Gasteiger partial charge in [-0.25, -0.2) is 4.79 Å². The summed E-state index contributed by atoms with van der Waals surface area (Å²) in [7, 11) is 0. The number of benzene rings is 1. The maximum atomic E-state index is 12.1. The number of carbonyl (C=O) groups excluding carboxylic acids is 3. The minimum atomic E-state index is -0.900. The number of para-hydroxylation sites is 2. The molecule has 0 radical (unpaired) electrons. The van der Waals surface area contributed by atoms with E-state index >= 15 is 0 Å². The van der Waals surface area contributed by atoms with Gasteiger partial charge in [-0.15, -0.1) is 0 Å². The molecule has 1 atom stereocenters. The van der Waals surface area contributed by atoms with Crippen molar-refractivity contribution in [2.75, 3.05) is 26.3 Å². The minimum Gasteiger partial charge on any atom is -0.485 e. The summed E-state index contributed by atoms with van der Waals surface area (Å²) in [5.74, 6) is -0.438. The Morgan fingerprint density at radius 1 is 1.16 bits per heavy atom. The second-order valence-corrected chi connectivity index (χ2v) is 6.03. The van der Waals surface area contributed by atoms with Crippen LogP contribution in [0.5, 0.6) is 11.5 Å². The summed E-state index contributed by atoms with van der Waals surface area (Å²) in [6.45, 7) is 0.538. The molecule has 2 amide bonds. The highest BCUT2D eigenvalue weighted by Gasteiger charge is 2.30. The number of carbonyl (C=O) groups is 3. The Labute approximate surface area is 144 Å². The number of hydrogen-bond acceptors (Lipinski definition) is 6. The Morgan fingerprint density at radius 2 is 1.84 bits per heavy atom. The van der Waals surface area contributed by atoms with E-state index in [1.165, 1.54) is 0 Å². The van der Waals surface area contributed by atoms with Crippen LogP contribution >= 0.6 is 0 Å². The molecule has 2 aliphatic rings. The summed E-state index contributed by atoms with van der Waals surface area (Å²) in [6, 6.07) is 7.02. The van der Waals surface area contributed by atoms with Crippen LogP contribution in [-0.4, -0.2) is 55.1 Å². The number of rotatable bonds is 4. The number of likely N-dealkylation sites (tertiary alicyclic amines) is 1. The molecule has 0 aliphatic carbocycles. The highest BCUT2D eigenvalue weighted by Crippen LogP contribution is 2.31. The molecule has 1 saturated heterocycles. The molecule has 3 rings (SSSR count). The van der Waals surface area contributed by atoms with E-state index in [4.69, 9.17) is 19.9 Å². The molecule has 8 heteroatoms. The van der Waals surface area contributed by atoms with Crippen LogP contribution in [0.25, 0.3) is 0 Å². The second-order valence-electron chi connectivity index (χ2n) is 6.03. The summed E-state index contributed by atoms with van der Waals surface area (Å²) in [6.07, 6.45) is 0.167. The lowest BCUT2D eigenvalue weighted by atomic mass is 9.96.